The molecule has 0 saturated carbocycles. The Morgan fingerprint density at radius 1 is 1.48 bits per heavy atom. The van der Waals surface area contributed by atoms with E-state index >= 15 is 0 Å². The predicted octanol–water partition coefficient (Wildman–Crippen LogP) is 1.95. The monoisotopic (exact) mass is 432 g/mol. The molecule has 2 bridgehead atoms. The third kappa shape index (κ3) is 5.20. The molecule has 2 fully saturated rings. The van der Waals surface area contributed by atoms with Gasteiger partial charge in [0.15, 0.2) is 5.96 Å². The summed E-state index contributed by atoms with van der Waals surface area (Å²) >= 11 is 0. The van der Waals surface area contributed by atoms with Gasteiger partial charge < -0.3 is 20.1 Å². The number of hydrogen-bond acceptors (Lipinski definition) is 4. The zero-order chi connectivity index (χ0) is 15.2. The summed E-state index contributed by atoms with van der Waals surface area (Å²) in [7, 11) is 0. The highest BCUT2D eigenvalue weighted by atomic mass is 127. The average Bonchev–Trinajstić information content (AvgIpc) is 3.15. The molecule has 0 aliphatic carbocycles. The zero-order valence-electron chi connectivity index (χ0n) is 13.4. The van der Waals surface area contributed by atoms with E-state index < -0.39 is 0 Å². The molecule has 0 amide bonds. The fraction of sp³-hybridized carbons (Fsp3) is 0.625. The molecule has 0 spiro atoms. The van der Waals surface area contributed by atoms with E-state index in [4.69, 9.17) is 9.47 Å². The molecule has 3 unspecified atom stereocenters. The van der Waals surface area contributed by atoms with Gasteiger partial charge in [-0.15, -0.1) is 24.0 Å². The maximum atomic E-state index is 5.87. The summed E-state index contributed by atoms with van der Waals surface area (Å²) in [5, 5.41) is 6.78. The molecule has 1 aromatic heterocycles. The number of aliphatic imine (C=N–C) groups is 1. The molecule has 3 atom stereocenters. The van der Waals surface area contributed by atoms with Gasteiger partial charge in [-0.25, -0.2) is 4.99 Å². The van der Waals surface area contributed by atoms with Crippen molar-refractivity contribution in [3.8, 4) is 5.75 Å². The lowest BCUT2D eigenvalue weighted by Crippen LogP contribution is -2.47. The smallest absolute Gasteiger partial charge is 0.191 e. The normalized spacial score (nSPS) is 25.8. The number of fused-ring (bicyclic) bond motifs is 2. The van der Waals surface area contributed by atoms with E-state index in [1.165, 1.54) is 6.42 Å². The van der Waals surface area contributed by atoms with Crippen molar-refractivity contribution in [2.45, 2.75) is 44.4 Å². The van der Waals surface area contributed by atoms with Crippen LogP contribution in [0.1, 0.15) is 26.2 Å². The minimum atomic E-state index is 0. The molecule has 3 rings (SSSR count). The van der Waals surface area contributed by atoms with E-state index in [9.17, 15) is 0 Å². The fourth-order valence-electron chi connectivity index (χ4n) is 3.04. The summed E-state index contributed by atoms with van der Waals surface area (Å²) in [6.45, 7) is 4.05. The van der Waals surface area contributed by atoms with Crippen LogP contribution in [0, 0.1) is 0 Å². The van der Waals surface area contributed by atoms with E-state index in [1.807, 2.05) is 12.1 Å². The number of nitrogens with one attached hydrogen (secondary N) is 2. The van der Waals surface area contributed by atoms with Gasteiger partial charge in [0.2, 0.25) is 0 Å². The molecule has 23 heavy (non-hydrogen) atoms. The topological polar surface area (TPSA) is 67.8 Å². The van der Waals surface area contributed by atoms with Gasteiger partial charge >= 0.3 is 0 Å². The van der Waals surface area contributed by atoms with E-state index in [0.29, 0.717) is 31.4 Å². The molecule has 3 heterocycles. The quantitative estimate of drug-likeness (QED) is 0.312. The highest BCUT2D eigenvalue weighted by Gasteiger charge is 2.41. The molecule has 0 radical (unpaired) electrons. The van der Waals surface area contributed by atoms with Crippen molar-refractivity contribution < 1.29 is 9.47 Å². The number of guanidine groups is 1. The standard InChI is InChI=1S/C16H24N4O2.HI/c1-2-18-16(20-14-10-12-5-6-15(14)22-12)19-8-9-21-13-4-3-7-17-11-13;/h3-4,7,11-12,14-15H,2,5-6,8-10H2,1H3,(H2,18,19,20);1H. The zero-order valence-corrected chi connectivity index (χ0v) is 15.7. The number of halogens is 1. The SMILES string of the molecule is CCNC(=NCCOc1cccnc1)NC1CC2CCC1O2.I. The average molecular weight is 432 g/mol. The van der Waals surface area contributed by atoms with Crippen LogP contribution in [-0.4, -0.2) is 48.9 Å². The first-order valence-corrected chi connectivity index (χ1v) is 8.08. The summed E-state index contributed by atoms with van der Waals surface area (Å²) in [6, 6.07) is 4.14. The Balaban J connectivity index is 0.00000192. The van der Waals surface area contributed by atoms with Crippen LogP contribution in [0.5, 0.6) is 5.75 Å². The van der Waals surface area contributed by atoms with Gasteiger partial charge in [-0.05, 0) is 38.3 Å². The third-order valence-electron chi connectivity index (χ3n) is 4.04. The molecule has 2 aliphatic rings. The van der Waals surface area contributed by atoms with Gasteiger partial charge in [0.1, 0.15) is 12.4 Å². The Bertz CT molecular complexity index is 500. The Labute approximate surface area is 154 Å². The minimum absolute atomic E-state index is 0. The van der Waals surface area contributed by atoms with Crippen molar-refractivity contribution in [2.75, 3.05) is 19.7 Å². The fourth-order valence-corrected chi connectivity index (χ4v) is 3.04. The second kappa shape index (κ2) is 9.27. The lowest BCUT2D eigenvalue weighted by Gasteiger charge is -2.22. The molecule has 1 aromatic rings. The number of nitrogens with zero attached hydrogens (tertiary/aromatic N) is 2. The van der Waals surface area contributed by atoms with Crippen LogP contribution in [0.2, 0.25) is 0 Å². The predicted molar refractivity (Wildman–Crippen MR) is 101 cm³/mol. The van der Waals surface area contributed by atoms with E-state index in [2.05, 4.69) is 27.5 Å². The number of pyridine rings is 1. The van der Waals surface area contributed by atoms with Gasteiger partial charge in [0, 0.05) is 12.7 Å². The molecule has 2 saturated heterocycles. The number of aromatic nitrogens is 1. The second-order valence-corrected chi connectivity index (χ2v) is 5.66. The van der Waals surface area contributed by atoms with Crippen LogP contribution < -0.4 is 15.4 Å². The molecule has 6 nitrogen and oxygen atoms in total. The van der Waals surface area contributed by atoms with Gasteiger partial charge in [-0.1, -0.05) is 0 Å². The van der Waals surface area contributed by atoms with Crippen LogP contribution in [-0.2, 0) is 4.74 Å². The molecular formula is C16H25IN4O2. The highest BCUT2D eigenvalue weighted by Crippen LogP contribution is 2.34. The van der Waals surface area contributed by atoms with Crippen molar-refractivity contribution in [1.82, 2.24) is 15.6 Å². The second-order valence-electron chi connectivity index (χ2n) is 5.66. The first-order chi connectivity index (χ1) is 10.8. The van der Waals surface area contributed by atoms with Crippen LogP contribution >= 0.6 is 24.0 Å². The first kappa shape index (κ1) is 18.3. The van der Waals surface area contributed by atoms with Crippen LogP contribution in [0.15, 0.2) is 29.5 Å². The van der Waals surface area contributed by atoms with Crippen molar-refractivity contribution in [1.29, 1.82) is 0 Å². The summed E-state index contributed by atoms with van der Waals surface area (Å²) in [4.78, 5) is 8.59. The maximum Gasteiger partial charge on any atom is 0.191 e. The summed E-state index contributed by atoms with van der Waals surface area (Å²) < 4.78 is 11.5. The van der Waals surface area contributed by atoms with Gasteiger partial charge in [0.25, 0.3) is 0 Å². The molecular weight excluding hydrogens is 407 g/mol. The lowest BCUT2D eigenvalue weighted by atomic mass is 9.96. The number of hydrogen-bond donors (Lipinski definition) is 2. The van der Waals surface area contributed by atoms with Crippen LogP contribution in [0.25, 0.3) is 0 Å². The molecule has 7 heteroatoms. The Kier molecular flexibility index (Phi) is 7.35. The first-order valence-electron chi connectivity index (χ1n) is 8.08. The van der Waals surface area contributed by atoms with Crippen LogP contribution in [0.4, 0.5) is 0 Å². The van der Waals surface area contributed by atoms with Crippen molar-refractivity contribution in [3.63, 3.8) is 0 Å². The Hall–Kier alpha value is -1.09. The van der Waals surface area contributed by atoms with Crippen molar-refractivity contribution >= 4 is 29.9 Å². The van der Waals surface area contributed by atoms with E-state index in [1.54, 1.807) is 12.4 Å². The summed E-state index contributed by atoms with van der Waals surface area (Å²) in [5.74, 6) is 1.62. The Morgan fingerprint density at radius 3 is 3.04 bits per heavy atom. The molecule has 2 N–H and O–H groups in total. The van der Waals surface area contributed by atoms with Gasteiger partial charge in [0.05, 0.1) is 31.0 Å². The van der Waals surface area contributed by atoms with Crippen LogP contribution in [0.3, 0.4) is 0 Å². The number of ether oxygens (including phenoxy) is 2. The molecule has 2 aliphatic heterocycles. The summed E-state index contributed by atoms with van der Waals surface area (Å²) in [5.41, 5.74) is 0. The molecule has 128 valence electrons. The van der Waals surface area contributed by atoms with Gasteiger partial charge in [-0.3, -0.25) is 4.98 Å². The van der Waals surface area contributed by atoms with E-state index in [0.717, 1.165) is 31.1 Å². The highest BCUT2D eigenvalue weighted by molar-refractivity contribution is 14.0. The largest absolute Gasteiger partial charge is 0.490 e. The Morgan fingerprint density at radius 2 is 2.39 bits per heavy atom. The van der Waals surface area contributed by atoms with E-state index in [-0.39, 0.29) is 24.0 Å². The molecule has 0 aromatic carbocycles. The van der Waals surface area contributed by atoms with Crippen molar-refractivity contribution in [2.24, 2.45) is 4.99 Å². The minimum Gasteiger partial charge on any atom is -0.490 e. The maximum absolute atomic E-state index is 5.87. The lowest BCUT2D eigenvalue weighted by molar-refractivity contribution is 0.0992. The van der Waals surface area contributed by atoms with Crippen molar-refractivity contribution in [3.05, 3.63) is 24.5 Å². The number of rotatable bonds is 6. The summed E-state index contributed by atoms with van der Waals surface area (Å²) in [6.07, 6.45) is 7.68. The third-order valence-corrected chi connectivity index (χ3v) is 4.04. The van der Waals surface area contributed by atoms with Gasteiger partial charge in [-0.2, -0.15) is 0 Å².